The molecule has 0 amide bonds. The van der Waals surface area contributed by atoms with E-state index in [4.69, 9.17) is 18.6 Å². The van der Waals surface area contributed by atoms with Gasteiger partial charge in [-0.05, 0) is 75.9 Å². The van der Waals surface area contributed by atoms with Crippen molar-refractivity contribution in [3.05, 3.63) is 12.2 Å². The molecular weight excluding hydrogens is 432 g/mol. The lowest BCUT2D eigenvalue weighted by Crippen LogP contribution is -2.53. The van der Waals surface area contributed by atoms with Gasteiger partial charge in [0.15, 0.2) is 14.6 Å². The minimum Gasteiger partial charge on any atom is -0.462 e. The summed E-state index contributed by atoms with van der Waals surface area (Å²) in [5.41, 5.74) is 0. The summed E-state index contributed by atoms with van der Waals surface area (Å²) >= 11 is 0. The Labute approximate surface area is 204 Å². The molecule has 5 atom stereocenters. The Balaban J connectivity index is 1.79. The second kappa shape index (κ2) is 12.8. The molecule has 1 saturated carbocycles. The molecule has 1 saturated heterocycles. The molecular formula is C27H50O5Si. The summed E-state index contributed by atoms with van der Waals surface area (Å²) < 4.78 is 24.8. The third-order valence-corrected chi connectivity index (χ3v) is 12.4. The van der Waals surface area contributed by atoms with Crippen molar-refractivity contribution >= 4 is 14.3 Å². The highest BCUT2D eigenvalue weighted by atomic mass is 28.4. The second-order valence-electron chi connectivity index (χ2n) is 11.9. The van der Waals surface area contributed by atoms with Crippen LogP contribution in [0.3, 0.4) is 0 Å². The molecule has 2 aliphatic rings. The number of hydrogen-bond donors (Lipinski definition) is 0. The molecule has 0 aromatic heterocycles. The predicted molar refractivity (Wildman–Crippen MR) is 137 cm³/mol. The highest BCUT2D eigenvalue weighted by Gasteiger charge is 2.44. The van der Waals surface area contributed by atoms with Gasteiger partial charge in [0.2, 0.25) is 0 Å². The van der Waals surface area contributed by atoms with Crippen LogP contribution in [-0.2, 0) is 23.4 Å². The Hall–Kier alpha value is -0.693. The fraction of sp³-hybridized carbons (Fsp3) is 0.889. The van der Waals surface area contributed by atoms with Crippen LogP contribution in [0.5, 0.6) is 0 Å². The van der Waals surface area contributed by atoms with E-state index in [2.05, 4.69) is 54.6 Å². The molecule has 33 heavy (non-hydrogen) atoms. The summed E-state index contributed by atoms with van der Waals surface area (Å²) in [7, 11) is -1.92. The van der Waals surface area contributed by atoms with E-state index in [-0.39, 0.29) is 35.6 Å². The first-order chi connectivity index (χ1) is 15.4. The van der Waals surface area contributed by atoms with Gasteiger partial charge in [-0.15, -0.1) is 0 Å². The normalized spacial score (nSPS) is 28.7. The second-order valence-corrected chi connectivity index (χ2v) is 16.7. The van der Waals surface area contributed by atoms with Gasteiger partial charge < -0.3 is 18.6 Å². The SMILES string of the molecule is C[C@H](CC/C=C/C(=O)OCC1CCCCC1)O[C@@H]1O[C@@H](C)[C@H](C)C[C@H]1O[Si](C)(C)C(C)(C)C. The predicted octanol–water partition coefficient (Wildman–Crippen LogP) is 7.01. The van der Waals surface area contributed by atoms with E-state index in [1.165, 1.54) is 32.1 Å². The Morgan fingerprint density at radius 3 is 2.45 bits per heavy atom. The lowest BCUT2D eigenvalue weighted by Gasteiger charge is -2.45. The van der Waals surface area contributed by atoms with Crippen molar-refractivity contribution in [3.8, 4) is 0 Å². The van der Waals surface area contributed by atoms with Crippen molar-refractivity contribution in [3.63, 3.8) is 0 Å². The van der Waals surface area contributed by atoms with Crippen LogP contribution in [0.25, 0.3) is 0 Å². The van der Waals surface area contributed by atoms with Crippen LogP contribution >= 0.6 is 0 Å². The first-order valence-corrected chi connectivity index (χ1v) is 16.1. The van der Waals surface area contributed by atoms with Crippen LogP contribution in [0.1, 0.15) is 92.9 Å². The van der Waals surface area contributed by atoms with Gasteiger partial charge in [0.05, 0.1) is 24.9 Å². The van der Waals surface area contributed by atoms with Crippen LogP contribution in [0, 0.1) is 11.8 Å². The highest BCUT2D eigenvalue weighted by molar-refractivity contribution is 6.74. The standard InChI is InChI=1S/C27H50O5Si/c1-20-18-24(32-33(7,8)27(4,5)6)26(31-22(20)3)30-21(2)14-12-13-17-25(28)29-19-23-15-10-9-11-16-23/h13,17,20-24,26H,9-12,14-16,18-19H2,1-8H3/b17-13+/t20-,21-,22+,24-,26-/m1/s1. The van der Waals surface area contributed by atoms with Crippen LogP contribution in [0.2, 0.25) is 18.1 Å². The number of hydrogen-bond acceptors (Lipinski definition) is 5. The summed E-state index contributed by atoms with van der Waals surface area (Å²) in [6, 6.07) is 0. The Bertz CT molecular complexity index is 620. The summed E-state index contributed by atoms with van der Waals surface area (Å²) in [6.45, 7) is 18.3. The van der Waals surface area contributed by atoms with Gasteiger partial charge in [0, 0.05) is 6.08 Å². The van der Waals surface area contributed by atoms with Crippen LogP contribution in [-0.4, -0.2) is 45.5 Å². The lowest BCUT2D eigenvalue weighted by atomic mass is 9.90. The molecule has 0 unspecified atom stereocenters. The maximum Gasteiger partial charge on any atom is 0.330 e. The smallest absolute Gasteiger partial charge is 0.330 e. The topological polar surface area (TPSA) is 54.0 Å². The van der Waals surface area contributed by atoms with E-state index < -0.39 is 8.32 Å². The van der Waals surface area contributed by atoms with E-state index >= 15 is 0 Å². The summed E-state index contributed by atoms with van der Waals surface area (Å²) in [4.78, 5) is 12.0. The molecule has 0 spiro atoms. The van der Waals surface area contributed by atoms with Crippen molar-refractivity contribution in [2.45, 2.75) is 136 Å². The van der Waals surface area contributed by atoms with Crippen molar-refractivity contribution < 1.29 is 23.4 Å². The average Bonchev–Trinajstić information content (AvgIpc) is 2.73. The largest absolute Gasteiger partial charge is 0.462 e. The monoisotopic (exact) mass is 482 g/mol. The average molecular weight is 483 g/mol. The molecule has 0 bridgehead atoms. The van der Waals surface area contributed by atoms with Gasteiger partial charge in [0.1, 0.15) is 0 Å². The van der Waals surface area contributed by atoms with Gasteiger partial charge in [-0.1, -0.05) is 53.0 Å². The molecule has 1 aliphatic carbocycles. The Kier molecular flexibility index (Phi) is 11.1. The van der Waals surface area contributed by atoms with Gasteiger partial charge in [-0.2, -0.15) is 0 Å². The highest BCUT2D eigenvalue weighted by Crippen LogP contribution is 2.40. The number of rotatable bonds is 10. The zero-order valence-corrected chi connectivity index (χ0v) is 23.5. The maximum absolute atomic E-state index is 12.0. The van der Waals surface area contributed by atoms with Crippen LogP contribution < -0.4 is 0 Å². The maximum atomic E-state index is 12.0. The molecule has 1 heterocycles. The van der Waals surface area contributed by atoms with Crippen molar-refractivity contribution in [2.75, 3.05) is 6.61 Å². The van der Waals surface area contributed by atoms with Crippen molar-refractivity contribution in [2.24, 2.45) is 11.8 Å². The van der Waals surface area contributed by atoms with Gasteiger partial charge in [-0.25, -0.2) is 4.79 Å². The third-order valence-electron chi connectivity index (χ3n) is 7.86. The fourth-order valence-corrected chi connectivity index (χ4v) is 5.61. The fourth-order valence-electron chi connectivity index (χ4n) is 4.29. The van der Waals surface area contributed by atoms with Crippen LogP contribution in [0.4, 0.5) is 0 Å². The molecule has 2 rings (SSSR count). The lowest BCUT2D eigenvalue weighted by molar-refractivity contribution is -0.259. The third kappa shape index (κ3) is 9.46. The van der Waals surface area contributed by atoms with E-state index in [1.807, 2.05) is 6.08 Å². The van der Waals surface area contributed by atoms with Gasteiger partial charge in [-0.3, -0.25) is 0 Å². The molecule has 0 aromatic carbocycles. The van der Waals surface area contributed by atoms with Crippen molar-refractivity contribution in [1.82, 2.24) is 0 Å². The van der Waals surface area contributed by atoms with Crippen LogP contribution in [0.15, 0.2) is 12.2 Å². The quantitative estimate of drug-likeness (QED) is 0.190. The number of carbonyl (C=O) groups excluding carboxylic acids is 1. The van der Waals surface area contributed by atoms with Gasteiger partial charge in [0.25, 0.3) is 0 Å². The summed E-state index contributed by atoms with van der Waals surface area (Å²) in [5, 5.41) is 0.145. The first-order valence-electron chi connectivity index (χ1n) is 13.2. The number of ether oxygens (including phenoxy) is 3. The van der Waals surface area contributed by atoms with Gasteiger partial charge >= 0.3 is 5.97 Å². The van der Waals surface area contributed by atoms with Crippen molar-refractivity contribution in [1.29, 1.82) is 0 Å². The number of carbonyl (C=O) groups is 1. The molecule has 0 radical (unpaired) electrons. The number of allylic oxidation sites excluding steroid dienone is 1. The van der Waals surface area contributed by atoms with E-state index in [9.17, 15) is 4.79 Å². The molecule has 2 fully saturated rings. The minimum atomic E-state index is -1.92. The molecule has 6 heteroatoms. The van der Waals surface area contributed by atoms with E-state index in [0.29, 0.717) is 18.4 Å². The zero-order valence-electron chi connectivity index (χ0n) is 22.5. The summed E-state index contributed by atoms with van der Waals surface area (Å²) in [6.07, 6.45) is 12.0. The molecule has 0 aromatic rings. The molecule has 0 N–H and O–H groups in total. The summed E-state index contributed by atoms with van der Waals surface area (Å²) in [5.74, 6) is 0.763. The zero-order chi connectivity index (χ0) is 24.6. The first kappa shape index (κ1) is 28.5. The molecule has 1 aliphatic heterocycles. The minimum absolute atomic E-state index is 0.0176. The van der Waals surface area contributed by atoms with E-state index in [1.54, 1.807) is 6.08 Å². The molecule has 192 valence electrons. The Morgan fingerprint density at radius 2 is 1.82 bits per heavy atom. The Morgan fingerprint density at radius 1 is 1.15 bits per heavy atom. The molecule has 5 nitrogen and oxygen atoms in total. The number of esters is 1. The van der Waals surface area contributed by atoms with E-state index in [0.717, 1.165) is 19.3 Å².